The molecule has 0 N–H and O–H groups in total. The zero-order valence-electron chi connectivity index (χ0n) is 11.0. The molecular weight excluding hydrogens is 389 g/mol. The van der Waals surface area contributed by atoms with E-state index in [0.717, 1.165) is 0 Å². The Morgan fingerprint density at radius 1 is 0.909 bits per heavy atom. The molecule has 0 amide bonds. The van der Waals surface area contributed by atoms with Crippen molar-refractivity contribution in [2.45, 2.75) is 0 Å². The van der Waals surface area contributed by atoms with Gasteiger partial charge >= 0.3 is 0 Å². The monoisotopic (exact) mass is 396 g/mol. The number of benzene rings is 2. The second-order valence-electron chi connectivity index (χ2n) is 4.08. The van der Waals surface area contributed by atoms with Gasteiger partial charge in [0.1, 0.15) is 22.6 Å². The Kier molecular flexibility index (Phi) is 6.54. The van der Waals surface area contributed by atoms with E-state index in [-0.39, 0.29) is 11.1 Å². The highest BCUT2D eigenvalue weighted by molar-refractivity contribution is 6.55. The van der Waals surface area contributed by atoms with Gasteiger partial charge in [-0.05, 0) is 30.3 Å². The van der Waals surface area contributed by atoms with Crippen LogP contribution in [0.3, 0.4) is 0 Å². The molecule has 0 spiro atoms. The van der Waals surface area contributed by atoms with Crippen LogP contribution in [0.25, 0.3) is 0 Å². The minimum absolute atomic E-state index is 0.106. The van der Waals surface area contributed by atoms with E-state index in [0.29, 0.717) is 32.3 Å². The van der Waals surface area contributed by atoms with Gasteiger partial charge in [0, 0.05) is 17.2 Å². The van der Waals surface area contributed by atoms with Crippen molar-refractivity contribution in [2.75, 3.05) is 6.61 Å². The molecule has 2 aromatic carbocycles. The van der Waals surface area contributed by atoms with Gasteiger partial charge in [-0.1, -0.05) is 58.0 Å². The maximum Gasteiger partial charge on any atom is 0.157 e. The molecule has 0 bridgehead atoms. The topological polar surface area (TPSA) is 18.5 Å². The van der Waals surface area contributed by atoms with E-state index in [1.807, 2.05) is 0 Å². The van der Waals surface area contributed by atoms with Crippen molar-refractivity contribution in [3.05, 3.63) is 62.0 Å². The van der Waals surface area contributed by atoms with Crippen LogP contribution in [0.1, 0.15) is 0 Å². The van der Waals surface area contributed by atoms with Crippen LogP contribution in [-0.4, -0.2) is 6.61 Å². The predicted octanol–water partition coefficient (Wildman–Crippen LogP) is 7.14. The number of rotatable bonds is 5. The first-order chi connectivity index (χ1) is 10.5. The molecule has 0 unspecified atom stereocenters. The fraction of sp³-hybridized carbons (Fsp3) is 0.0667. The van der Waals surface area contributed by atoms with E-state index in [1.54, 1.807) is 36.4 Å². The van der Waals surface area contributed by atoms with Crippen LogP contribution < -0.4 is 9.47 Å². The summed E-state index contributed by atoms with van der Waals surface area (Å²) in [6.45, 7) is 0.152. The fourth-order valence-electron chi connectivity index (χ4n) is 1.56. The van der Waals surface area contributed by atoms with Crippen molar-refractivity contribution < 1.29 is 9.47 Å². The summed E-state index contributed by atoms with van der Waals surface area (Å²) in [6.07, 6.45) is 1.48. The largest absolute Gasteiger partial charge is 0.486 e. The highest BCUT2D eigenvalue weighted by atomic mass is 35.5. The lowest BCUT2D eigenvalue weighted by Crippen LogP contribution is -1.96. The van der Waals surface area contributed by atoms with Crippen molar-refractivity contribution in [1.82, 2.24) is 0 Å². The van der Waals surface area contributed by atoms with Gasteiger partial charge in [0.2, 0.25) is 0 Å². The second-order valence-corrected chi connectivity index (χ2v) is 6.34. The number of halogens is 5. The normalized spacial score (nSPS) is 10.2. The van der Waals surface area contributed by atoms with Gasteiger partial charge in [0.05, 0.1) is 10.0 Å². The van der Waals surface area contributed by atoms with Crippen LogP contribution in [0.4, 0.5) is 0 Å². The maximum absolute atomic E-state index is 6.14. The zero-order valence-corrected chi connectivity index (χ0v) is 14.7. The Hall–Kier alpha value is -0.770. The standard InChI is InChI=1S/C15H9Cl5O2/c16-9-1-3-10(4-2-9)22-11-7-12(17)15(13(18)8-11)21-6-5-14(19)20/h1-5,7-8H,6H2. The third-order valence-corrected chi connectivity index (χ3v) is 3.61. The highest BCUT2D eigenvalue weighted by Crippen LogP contribution is 2.38. The maximum atomic E-state index is 6.14. The Bertz CT molecular complexity index is 656. The van der Waals surface area contributed by atoms with Crippen LogP contribution in [0, 0.1) is 0 Å². The SMILES string of the molecule is ClC(Cl)=CCOc1c(Cl)cc(Oc2ccc(Cl)cc2)cc1Cl. The molecule has 22 heavy (non-hydrogen) atoms. The number of hydrogen-bond acceptors (Lipinski definition) is 2. The fourth-order valence-corrected chi connectivity index (χ4v) is 2.39. The highest BCUT2D eigenvalue weighted by Gasteiger charge is 2.11. The molecule has 0 heterocycles. The Labute approximate surface area is 153 Å². The first kappa shape index (κ1) is 17.6. The molecule has 0 fully saturated rings. The first-order valence-electron chi connectivity index (χ1n) is 6.02. The summed E-state index contributed by atoms with van der Waals surface area (Å²) in [6, 6.07) is 10.1. The molecule has 7 heteroatoms. The van der Waals surface area contributed by atoms with E-state index >= 15 is 0 Å². The molecule has 2 rings (SSSR count). The van der Waals surface area contributed by atoms with Gasteiger partial charge in [-0.2, -0.15) is 0 Å². The zero-order chi connectivity index (χ0) is 16.1. The van der Waals surface area contributed by atoms with E-state index in [2.05, 4.69) is 0 Å². The molecule has 0 aromatic heterocycles. The van der Waals surface area contributed by atoms with Crippen LogP contribution >= 0.6 is 58.0 Å². The first-order valence-corrected chi connectivity index (χ1v) is 7.91. The van der Waals surface area contributed by atoms with Gasteiger partial charge in [-0.3, -0.25) is 0 Å². The van der Waals surface area contributed by atoms with Crippen LogP contribution in [-0.2, 0) is 0 Å². The molecule has 0 aliphatic heterocycles. The lowest BCUT2D eigenvalue weighted by molar-refractivity contribution is 0.362. The molecule has 2 nitrogen and oxygen atoms in total. The van der Waals surface area contributed by atoms with Crippen molar-refractivity contribution in [2.24, 2.45) is 0 Å². The number of ether oxygens (including phenoxy) is 2. The summed E-state index contributed by atoms with van der Waals surface area (Å²) >= 11 is 29.1. The summed E-state index contributed by atoms with van der Waals surface area (Å²) in [4.78, 5) is 0. The Morgan fingerprint density at radius 3 is 2.05 bits per heavy atom. The Morgan fingerprint density at radius 2 is 1.50 bits per heavy atom. The predicted molar refractivity (Wildman–Crippen MR) is 93.3 cm³/mol. The van der Waals surface area contributed by atoms with E-state index in [9.17, 15) is 0 Å². The van der Waals surface area contributed by atoms with Crippen molar-refractivity contribution in [3.63, 3.8) is 0 Å². The van der Waals surface area contributed by atoms with Crippen LogP contribution in [0.15, 0.2) is 47.0 Å². The minimum Gasteiger partial charge on any atom is -0.486 e. The average Bonchev–Trinajstić information content (AvgIpc) is 2.44. The Balaban J connectivity index is 2.15. The summed E-state index contributed by atoms with van der Waals surface area (Å²) < 4.78 is 11.2. The van der Waals surface area contributed by atoms with Gasteiger partial charge in [-0.25, -0.2) is 0 Å². The molecule has 0 saturated carbocycles. The van der Waals surface area contributed by atoms with Crippen molar-refractivity contribution >= 4 is 58.0 Å². The molecule has 0 aliphatic carbocycles. The molecule has 0 aliphatic rings. The van der Waals surface area contributed by atoms with E-state index in [4.69, 9.17) is 67.5 Å². The lowest BCUT2D eigenvalue weighted by Gasteiger charge is -2.11. The molecule has 2 aromatic rings. The summed E-state index contributed by atoms with van der Waals surface area (Å²) in [7, 11) is 0. The summed E-state index contributed by atoms with van der Waals surface area (Å²) in [5, 5.41) is 1.25. The number of hydrogen-bond donors (Lipinski definition) is 0. The van der Waals surface area contributed by atoms with E-state index in [1.165, 1.54) is 6.08 Å². The van der Waals surface area contributed by atoms with Gasteiger partial charge in [0.25, 0.3) is 0 Å². The third kappa shape index (κ3) is 5.15. The summed E-state index contributed by atoms with van der Waals surface area (Å²) in [5.74, 6) is 1.43. The average molecular weight is 399 g/mol. The molecule has 116 valence electrons. The van der Waals surface area contributed by atoms with Gasteiger partial charge < -0.3 is 9.47 Å². The third-order valence-electron chi connectivity index (χ3n) is 2.49. The van der Waals surface area contributed by atoms with Crippen LogP contribution in [0.5, 0.6) is 17.2 Å². The molecule has 0 saturated heterocycles. The smallest absolute Gasteiger partial charge is 0.157 e. The summed E-state index contributed by atoms with van der Waals surface area (Å²) in [5.41, 5.74) is 0. The second kappa shape index (κ2) is 8.19. The van der Waals surface area contributed by atoms with Crippen LogP contribution in [0.2, 0.25) is 15.1 Å². The van der Waals surface area contributed by atoms with Crippen molar-refractivity contribution in [3.8, 4) is 17.2 Å². The van der Waals surface area contributed by atoms with Crippen molar-refractivity contribution in [1.29, 1.82) is 0 Å². The lowest BCUT2D eigenvalue weighted by atomic mass is 10.3. The molecule has 0 atom stereocenters. The van der Waals surface area contributed by atoms with E-state index < -0.39 is 0 Å². The minimum atomic E-state index is 0.106. The molecule has 0 radical (unpaired) electrons. The van der Waals surface area contributed by atoms with Gasteiger partial charge in [0.15, 0.2) is 5.75 Å². The quantitative estimate of drug-likeness (QED) is 0.533. The van der Waals surface area contributed by atoms with Gasteiger partial charge in [-0.15, -0.1) is 0 Å². The molecular formula is C15H9Cl5O2.